The number of carbonyl (C=O) groups excluding carboxylic acids is 2. The molecule has 0 aliphatic carbocycles. The molecule has 0 saturated carbocycles. The molecule has 2 N–H and O–H groups in total. The highest BCUT2D eigenvalue weighted by atomic mass is 16.2. The Morgan fingerprint density at radius 3 is 2.47 bits per heavy atom. The highest BCUT2D eigenvalue weighted by Gasteiger charge is 2.27. The van der Waals surface area contributed by atoms with E-state index in [2.05, 4.69) is 13.8 Å². The first-order valence-electron chi connectivity index (χ1n) is 6.07. The summed E-state index contributed by atoms with van der Waals surface area (Å²) in [7, 11) is 1.66. The number of hydrogen-bond donors (Lipinski definition) is 1. The van der Waals surface area contributed by atoms with Crippen molar-refractivity contribution in [2.45, 2.75) is 26.7 Å². The minimum absolute atomic E-state index is 0.0164. The lowest BCUT2D eigenvalue weighted by atomic mass is 9.88. The Kier molecular flexibility index (Phi) is 4.51. The zero-order chi connectivity index (χ0) is 13.1. The van der Waals surface area contributed by atoms with E-state index in [4.69, 9.17) is 5.73 Å². The van der Waals surface area contributed by atoms with Crippen molar-refractivity contribution in [3.05, 3.63) is 0 Å². The second-order valence-electron chi connectivity index (χ2n) is 5.54. The summed E-state index contributed by atoms with van der Waals surface area (Å²) in [4.78, 5) is 26.3. The molecule has 0 aromatic carbocycles. The Balaban J connectivity index is 2.37. The summed E-state index contributed by atoms with van der Waals surface area (Å²) in [6, 6.07) is 0. The lowest BCUT2D eigenvalue weighted by molar-refractivity contribution is -0.148. The number of nitrogens with two attached hydrogens (primary N) is 1. The van der Waals surface area contributed by atoms with Crippen LogP contribution in [0, 0.1) is 5.41 Å². The molecule has 1 heterocycles. The van der Waals surface area contributed by atoms with E-state index in [9.17, 15) is 9.59 Å². The first kappa shape index (κ1) is 14.0. The zero-order valence-electron chi connectivity index (χ0n) is 11.0. The van der Waals surface area contributed by atoms with Crippen LogP contribution in [-0.2, 0) is 9.59 Å². The van der Waals surface area contributed by atoms with E-state index in [0.717, 1.165) is 12.8 Å². The van der Waals surface area contributed by atoms with Crippen molar-refractivity contribution in [3.63, 3.8) is 0 Å². The smallest absolute Gasteiger partial charge is 0.242 e. The van der Waals surface area contributed by atoms with Crippen LogP contribution < -0.4 is 5.73 Å². The van der Waals surface area contributed by atoms with Crippen LogP contribution in [0.4, 0.5) is 0 Å². The highest BCUT2D eigenvalue weighted by Crippen LogP contribution is 2.20. The Labute approximate surface area is 103 Å². The number of likely N-dealkylation sites (N-methyl/N-ethyl adjacent to an activating group) is 1. The van der Waals surface area contributed by atoms with Gasteiger partial charge in [0.15, 0.2) is 0 Å². The van der Waals surface area contributed by atoms with Crippen LogP contribution >= 0.6 is 0 Å². The summed E-state index contributed by atoms with van der Waals surface area (Å²) in [5.41, 5.74) is 5.76. The van der Waals surface area contributed by atoms with Crippen molar-refractivity contribution in [1.82, 2.24) is 9.80 Å². The van der Waals surface area contributed by atoms with Crippen LogP contribution in [-0.4, -0.2) is 54.8 Å². The molecule has 0 atom stereocenters. The van der Waals surface area contributed by atoms with Crippen LogP contribution in [0.1, 0.15) is 26.7 Å². The third-order valence-corrected chi connectivity index (χ3v) is 3.31. The molecule has 0 unspecified atom stereocenters. The largest absolute Gasteiger partial charge is 0.335 e. The van der Waals surface area contributed by atoms with Crippen molar-refractivity contribution in [2.24, 2.45) is 11.1 Å². The number of hydrogen-bond acceptors (Lipinski definition) is 3. The number of nitrogens with zero attached hydrogens (tertiary/aromatic N) is 2. The fraction of sp³-hybridized carbons (Fsp3) is 0.833. The van der Waals surface area contributed by atoms with Gasteiger partial charge in [-0.3, -0.25) is 9.59 Å². The number of carbonyl (C=O) groups is 2. The first-order chi connectivity index (χ1) is 7.85. The van der Waals surface area contributed by atoms with E-state index in [-0.39, 0.29) is 30.3 Å². The molecular weight excluding hydrogens is 218 g/mol. The van der Waals surface area contributed by atoms with Gasteiger partial charge in [0, 0.05) is 13.6 Å². The van der Waals surface area contributed by atoms with Crippen molar-refractivity contribution >= 4 is 11.8 Å². The maximum absolute atomic E-state index is 11.7. The summed E-state index contributed by atoms with van der Waals surface area (Å²) in [6.07, 6.45) is 1.87. The minimum atomic E-state index is 0.0164. The van der Waals surface area contributed by atoms with Crippen molar-refractivity contribution in [1.29, 1.82) is 0 Å². The fourth-order valence-electron chi connectivity index (χ4n) is 1.82. The SMILES string of the molecule is CN1CC(=O)N(CCCC(C)(C)CN)CC1=O. The third-order valence-electron chi connectivity index (χ3n) is 3.31. The van der Waals surface area contributed by atoms with Crippen LogP contribution in [0.3, 0.4) is 0 Å². The Bertz CT molecular complexity index is 302. The summed E-state index contributed by atoms with van der Waals surface area (Å²) < 4.78 is 0. The summed E-state index contributed by atoms with van der Waals surface area (Å²) in [5, 5.41) is 0. The summed E-state index contributed by atoms with van der Waals surface area (Å²) in [6.45, 7) is 5.95. The Hall–Kier alpha value is -1.10. The van der Waals surface area contributed by atoms with Gasteiger partial charge in [0.05, 0.1) is 13.1 Å². The fourth-order valence-corrected chi connectivity index (χ4v) is 1.82. The maximum atomic E-state index is 11.7. The Morgan fingerprint density at radius 2 is 1.88 bits per heavy atom. The lowest BCUT2D eigenvalue weighted by Gasteiger charge is -2.32. The maximum Gasteiger partial charge on any atom is 0.242 e. The lowest BCUT2D eigenvalue weighted by Crippen LogP contribution is -2.52. The minimum Gasteiger partial charge on any atom is -0.335 e. The molecular formula is C12H23N3O2. The molecule has 98 valence electrons. The number of rotatable bonds is 5. The van der Waals surface area contributed by atoms with Gasteiger partial charge >= 0.3 is 0 Å². The van der Waals surface area contributed by atoms with Gasteiger partial charge in [-0.2, -0.15) is 0 Å². The molecule has 5 heteroatoms. The van der Waals surface area contributed by atoms with Crippen LogP contribution in [0.2, 0.25) is 0 Å². The predicted molar refractivity (Wildman–Crippen MR) is 66.3 cm³/mol. The molecule has 0 spiro atoms. The van der Waals surface area contributed by atoms with Gasteiger partial charge in [-0.05, 0) is 24.8 Å². The first-order valence-corrected chi connectivity index (χ1v) is 6.07. The van der Waals surface area contributed by atoms with E-state index in [1.54, 1.807) is 11.9 Å². The van der Waals surface area contributed by atoms with E-state index in [1.165, 1.54) is 4.90 Å². The molecule has 0 aromatic heterocycles. The molecule has 17 heavy (non-hydrogen) atoms. The van der Waals surface area contributed by atoms with Gasteiger partial charge in [0.1, 0.15) is 0 Å². The molecule has 1 aliphatic rings. The standard InChI is InChI=1S/C12H23N3O2/c1-12(2,9-13)5-4-6-15-8-10(16)14(3)7-11(15)17/h4-9,13H2,1-3H3. The molecule has 5 nitrogen and oxygen atoms in total. The molecule has 1 fully saturated rings. The van der Waals surface area contributed by atoms with Gasteiger partial charge in [-0.1, -0.05) is 13.8 Å². The summed E-state index contributed by atoms with van der Waals surface area (Å²) in [5.74, 6) is 0.0559. The zero-order valence-corrected chi connectivity index (χ0v) is 11.0. The second kappa shape index (κ2) is 5.49. The molecule has 0 aromatic rings. The quantitative estimate of drug-likeness (QED) is 0.739. The average molecular weight is 241 g/mol. The van der Waals surface area contributed by atoms with Crippen molar-refractivity contribution < 1.29 is 9.59 Å². The molecule has 0 bridgehead atoms. The molecule has 1 rings (SSSR count). The highest BCUT2D eigenvalue weighted by molar-refractivity contribution is 5.92. The van der Waals surface area contributed by atoms with E-state index < -0.39 is 0 Å². The topological polar surface area (TPSA) is 66.6 Å². The van der Waals surface area contributed by atoms with Gasteiger partial charge in [0.2, 0.25) is 11.8 Å². The average Bonchev–Trinajstić information content (AvgIpc) is 2.25. The van der Waals surface area contributed by atoms with E-state index >= 15 is 0 Å². The normalized spacial score (nSPS) is 17.9. The second-order valence-corrected chi connectivity index (χ2v) is 5.54. The third kappa shape index (κ3) is 4.00. The van der Waals surface area contributed by atoms with Gasteiger partial charge < -0.3 is 15.5 Å². The van der Waals surface area contributed by atoms with Crippen molar-refractivity contribution in [2.75, 3.05) is 33.2 Å². The summed E-state index contributed by atoms with van der Waals surface area (Å²) >= 11 is 0. The molecule has 1 saturated heterocycles. The van der Waals surface area contributed by atoms with Crippen LogP contribution in [0.5, 0.6) is 0 Å². The van der Waals surface area contributed by atoms with E-state index in [1.807, 2.05) is 0 Å². The van der Waals surface area contributed by atoms with Gasteiger partial charge in [-0.15, -0.1) is 0 Å². The van der Waals surface area contributed by atoms with Gasteiger partial charge in [0.25, 0.3) is 0 Å². The number of amides is 2. The monoisotopic (exact) mass is 241 g/mol. The molecule has 1 aliphatic heterocycles. The predicted octanol–water partition coefficient (Wildman–Crippen LogP) is 0.0521. The molecule has 0 radical (unpaired) electrons. The van der Waals surface area contributed by atoms with Crippen molar-refractivity contribution in [3.8, 4) is 0 Å². The Morgan fingerprint density at radius 1 is 1.24 bits per heavy atom. The number of piperazine rings is 1. The molecule has 2 amide bonds. The van der Waals surface area contributed by atoms with Crippen LogP contribution in [0.25, 0.3) is 0 Å². The van der Waals surface area contributed by atoms with Gasteiger partial charge in [-0.25, -0.2) is 0 Å². The van der Waals surface area contributed by atoms with Crippen LogP contribution in [0.15, 0.2) is 0 Å². The van der Waals surface area contributed by atoms with E-state index in [0.29, 0.717) is 13.1 Å².